The smallest absolute Gasteiger partial charge is 0.0613 e. The Kier molecular flexibility index (Phi) is 3.44. The maximum absolute atomic E-state index is 9.31. The van der Waals surface area contributed by atoms with Crippen LogP contribution in [0.1, 0.15) is 35.9 Å². The van der Waals surface area contributed by atoms with Crippen LogP contribution in [0.2, 0.25) is 0 Å². The van der Waals surface area contributed by atoms with E-state index in [1.165, 1.54) is 16.2 Å². The number of aryl methyl sites for hydroxylation is 1. The Balaban J connectivity index is 1.86. The molecular weight excluding hydrogens is 206 g/mol. The molecule has 1 aliphatic rings. The fourth-order valence-corrected chi connectivity index (χ4v) is 2.87. The standard InChI is InChI=1S/C12H19NOS/c1-2-10-4-5-11(15-10)8-13-12(9-14)6-3-7-12/h4-5,13-14H,2-3,6-9H2,1H3. The lowest BCUT2D eigenvalue weighted by Crippen LogP contribution is -2.53. The van der Waals surface area contributed by atoms with E-state index in [9.17, 15) is 5.11 Å². The molecule has 0 aliphatic heterocycles. The molecule has 1 saturated carbocycles. The number of hydrogen-bond acceptors (Lipinski definition) is 3. The zero-order valence-electron chi connectivity index (χ0n) is 9.25. The van der Waals surface area contributed by atoms with Gasteiger partial charge in [-0.05, 0) is 37.8 Å². The van der Waals surface area contributed by atoms with Crippen molar-refractivity contribution in [1.82, 2.24) is 5.32 Å². The summed E-state index contributed by atoms with van der Waals surface area (Å²) < 4.78 is 0. The van der Waals surface area contributed by atoms with Gasteiger partial charge in [0.1, 0.15) is 0 Å². The first kappa shape index (κ1) is 11.1. The third kappa shape index (κ3) is 2.41. The molecule has 1 aromatic rings. The van der Waals surface area contributed by atoms with Crippen molar-refractivity contribution >= 4 is 11.3 Å². The van der Waals surface area contributed by atoms with Gasteiger partial charge in [-0.2, -0.15) is 0 Å². The van der Waals surface area contributed by atoms with Gasteiger partial charge in [0.2, 0.25) is 0 Å². The predicted molar refractivity (Wildman–Crippen MR) is 64.2 cm³/mol. The van der Waals surface area contributed by atoms with Crippen molar-refractivity contribution in [3.05, 3.63) is 21.9 Å². The van der Waals surface area contributed by atoms with Gasteiger partial charge in [-0.25, -0.2) is 0 Å². The van der Waals surface area contributed by atoms with Gasteiger partial charge < -0.3 is 10.4 Å². The molecule has 1 fully saturated rings. The SMILES string of the molecule is CCc1ccc(CNC2(CO)CCC2)s1. The molecule has 0 unspecified atom stereocenters. The summed E-state index contributed by atoms with van der Waals surface area (Å²) in [6, 6.07) is 4.40. The van der Waals surface area contributed by atoms with Gasteiger partial charge in [0, 0.05) is 21.8 Å². The summed E-state index contributed by atoms with van der Waals surface area (Å²) in [6.45, 7) is 3.37. The molecule has 84 valence electrons. The molecule has 0 aromatic carbocycles. The highest BCUT2D eigenvalue weighted by atomic mass is 32.1. The van der Waals surface area contributed by atoms with E-state index in [1.807, 2.05) is 11.3 Å². The third-order valence-corrected chi connectivity index (χ3v) is 4.55. The summed E-state index contributed by atoms with van der Waals surface area (Å²) >= 11 is 1.87. The summed E-state index contributed by atoms with van der Waals surface area (Å²) in [7, 11) is 0. The van der Waals surface area contributed by atoms with E-state index in [1.54, 1.807) is 0 Å². The Morgan fingerprint density at radius 2 is 2.13 bits per heavy atom. The van der Waals surface area contributed by atoms with Gasteiger partial charge in [0.25, 0.3) is 0 Å². The van der Waals surface area contributed by atoms with Crippen molar-refractivity contribution in [2.75, 3.05) is 6.61 Å². The van der Waals surface area contributed by atoms with Gasteiger partial charge in [-0.3, -0.25) is 0 Å². The van der Waals surface area contributed by atoms with Crippen LogP contribution >= 0.6 is 11.3 Å². The molecule has 2 rings (SSSR count). The van der Waals surface area contributed by atoms with Gasteiger partial charge >= 0.3 is 0 Å². The summed E-state index contributed by atoms with van der Waals surface area (Å²) in [6.07, 6.45) is 4.61. The summed E-state index contributed by atoms with van der Waals surface area (Å²) in [5.74, 6) is 0. The van der Waals surface area contributed by atoms with E-state index in [4.69, 9.17) is 0 Å². The molecule has 2 nitrogen and oxygen atoms in total. The van der Waals surface area contributed by atoms with E-state index in [0.717, 1.165) is 25.8 Å². The molecule has 1 heterocycles. The molecule has 1 aliphatic carbocycles. The lowest BCUT2D eigenvalue weighted by Gasteiger charge is -2.41. The monoisotopic (exact) mass is 225 g/mol. The topological polar surface area (TPSA) is 32.3 Å². The number of hydrogen-bond donors (Lipinski definition) is 2. The van der Waals surface area contributed by atoms with Crippen LogP contribution in [0.5, 0.6) is 0 Å². The molecule has 0 saturated heterocycles. The maximum Gasteiger partial charge on any atom is 0.0613 e. The first-order valence-corrected chi connectivity index (χ1v) is 6.53. The summed E-state index contributed by atoms with van der Waals surface area (Å²) in [4.78, 5) is 2.82. The molecule has 15 heavy (non-hydrogen) atoms. The van der Waals surface area contributed by atoms with Gasteiger partial charge in [-0.15, -0.1) is 11.3 Å². The minimum absolute atomic E-state index is 0.0381. The number of aliphatic hydroxyl groups excluding tert-OH is 1. The largest absolute Gasteiger partial charge is 0.394 e. The van der Waals surface area contributed by atoms with Crippen molar-refractivity contribution in [3.8, 4) is 0 Å². The molecular formula is C12H19NOS. The predicted octanol–water partition coefficient (Wildman–Crippen LogP) is 2.32. The molecule has 0 amide bonds. The van der Waals surface area contributed by atoms with Crippen molar-refractivity contribution < 1.29 is 5.11 Å². The zero-order chi connectivity index (χ0) is 10.7. The normalized spacial score (nSPS) is 18.8. The molecule has 1 aromatic heterocycles. The Hall–Kier alpha value is -0.380. The summed E-state index contributed by atoms with van der Waals surface area (Å²) in [5.41, 5.74) is 0.0381. The fourth-order valence-electron chi connectivity index (χ4n) is 1.98. The van der Waals surface area contributed by atoms with Crippen LogP contribution in [0.3, 0.4) is 0 Å². The highest BCUT2D eigenvalue weighted by molar-refractivity contribution is 7.11. The van der Waals surface area contributed by atoms with Gasteiger partial charge in [0.05, 0.1) is 6.61 Å². The van der Waals surface area contributed by atoms with Crippen LogP contribution in [0.25, 0.3) is 0 Å². The van der Waals surface area contributed by atoms with Crippen LogP contribution in [0.4, 0.5) is 0 Å². The van der Waals surface area contributed by atoms with Crippen LogP contribution in [-0.4, -0.2) is 17.3 Å². The van der Waals surface area contributed by atoms with E-state index in [0.29, 0.717) is 0 Å². The van der Waals surface area contributed by atoms with E-state index >= 15 is 0 Å². The van der Waals surface area contributed by atoms with Crippen molar-refractivity contribution in [3.63, 3.8) is 0 Å². The zero-order valence-corrected chi connectivity index (χ0v) is 10.1. The lowest BCUT2D eigenvalue weighted by atomic mass is 9.77. The second-order valence-corrected chi connectivity index (χ2v) is 5.62. The van der Waals surface area contributed by atoms with E-state index < -0.39 is 0 Å². The Bertz CT molecular complexity index is 312. The molecule has 3 heteroatoms. The number of nitrogens with one attached hydrogen (secondary N) is 1. The van der Waals surface area contributed by atoms with Crippen LogP contribution in [0.15, 0.2) is 12.1 Å². The van der Waals surface area contributed by atoms with Gasteiger partial charge in [0.15, 0.2) is 0 Å². The molecule has 2 N–H and O–H groups in total. The first-order valence-electron chi connectivity index (χ1n) is 5.71. The van der Waals surface area contributed by atoms with E-state index in [2.05, 4.69) is 24.4 Å². The van der Waals surface area contributed by atoms with Crippen molar-refractivity contribution in [1.29, 1.82) is 0 Å². The van der Waals surface area contributed by atoms with Crippen LogP contribution < -0.4 is 5.32 Å². The highest BCUT2D eigenvalue weighted by Gasteiger charge is 2.35. The number of rotatable bonds is 5. The molecule has 0 spiro atoms. The highest BCUT2D eigenvalue weighted by Crippen LogP contribution is 2.31. The Morgan fingerprint density at radius 3 is 2.60 bits per heavy atom. The van der Waals surface area contributed by atoms with E-state index in [-0.39, 0.29) is 12.1 Å². The average molecular weight is 225 g/mol. The van der Waals surface area contributed by atoms with Crippen molar-refractivity contribution in [2.45, 2.75) is 44.7 Å². The maximum atomic E-state index is 9.31. The Labute approximate surface area is 95.3 Å². The fraction of sp³-hybridized carbons (Fsp3) is 0.667. The third-order valence-electron chi connectivity index (χ3n) is 3.32. The first-order chi connectivity index (χ1) is 7.28. The average Bonchev–Trinajstić information content (AvgIpc) is 2.65. The molecule has 0 radical (unpaired) electrons. The quantitative estimate of drug-likeness (QED) is 0.806. The minimum atomic E-state index is 0.0381. The molecule has 0 atom stereocenters. The number of thiophene rings is 1. The van der Waals surface area contributed by atoms with Crippen LogP contribution in [0, 0.1) is 0 Å². The minimum Gasteiger partial charge on any atom is -0.394 e. The second kappa shape index (κ2) is 4.64. The lowest BCUT2D eigenvalue weighted by molar-refractivity contribution is 0.0875. The molecule has 0 bridgehead atoms. The second-order valence-electron chi connectivity index (χ2n) is 4.37. The van der Waals surface area contributed by atoms with Gasteiger partial charge in [-0.1, -0.05) is 6.92 Å². The number of aliphatic hydroxyl groups is 1. The summed E-state index contributed by atoms with van der Waals surface area (Å²) in [5, 5.41) is 12.8. The Morgan fingerprint density at radius 1 is 1.40 bits per heavy atom. The van der Waals surface area contributed by atoms with Crippen molar-refractivity contribution in [2.24, 2.45) is 0 Å². The van der Waals surface area contributed by atoms with Crippen LogP contribution in [-0.2, 0) is 13.0 Å².